The molecule has 118 valence electrons. The average Bonchev–Trinajstić information content (AvgIpc) is 3.05. The quantitative estimate of drug-likeness (QED) is 0.869. The number of rotatable bonds is 6. The summed E-state index contributed by atoms with van der Waals surface area (Å²) < 4.78 is 26.9. The lowest BCUT2D eigenvalue weighted by Gasteiger charge is -2.28. The van der Waals surface area contributed by atoms with Gasteiger partial charge in [0.2, 0.25) is 0 Å². The summed E-state index contributed by atoms with van der Waals surface area (Å²) in [6.07, 6.45) is 2.76. The standard InChI is InChI=1S/C14H17F2N5O/c1-10(9-17)20(8-5-15)14(22)11-3-2-4-12(16)13(11)21-18-6-7-19-21/h2-4,6-7,10H,5,8-9,17H2,1H3/t10-/m0/s1. The van der Waals surface area contributed by atoms with Crippen molar-refractivity contribution in [2.45, 2.75) is 13.0 Å². The number of nitrogens with two attached hydrogens (primary N) is 1. The topological polar surface area (TPSA) is 77.0 Å². The van der Waals surface area contributed by atoms with Crippen LogP contribution >= 0.6 is 0 Å². The zero-order chi connectivity index (χ0) is 16.1. The molecule has 0 aliphatic heterocycles. The molecular formula is C14H17F2N5O. The first-order chi connectivity index (χ1) is 10.6. The number of aromatic nitrogens is 3. The maximum absolute atomic E-state index is 14.1. The first-order valence-electron chi connectivity index (χ1n) is 6.82. The molecule has 2 rings (SSSR count). The van der Waals surface area contributed by atoms with Crippen LogP contribution in [0.25, 0.3) is 5.69 Å². The molecule has 0 fully saturated rings. The summed E-state index contributed by atoms with van der Waals surface area (Å²) in [5.41, 5.74) is 5.56. The Morgan fingerprint density at radius 2 is 2.09 bits per heavy atom. The average molecular weight is 309 g/mol. The van der Waals surface area contributed by atoms with E-state index in [1.807, 2.05) is 0 Å². The van der Waals surface area contributed by atoms with E-state index in [9.17, 15) is 13.6 Å². The Morgan fingerprint density at radius 3 is 2.68 bits per heavy atom. The number of hydrogen-bond donors (Lipinski definition) is 1. The number of hydrogen-bond acceptors (Lipinski definition) is 4. The zero-order valence-electron chi connectivity index (χ0n) is 12.1. The van der Waals surface area contributed by atoms with Crippen LogP contribution < -0.4 is 5.73 Å². The maximum atomic E-state index is 14.1. The second-order valence-corrected chi connectivity index (χ2v) is 4.73. The molecule has 0 radical (unpaired) electrons. The van der Waals surface area contributed by atoms with Gasteiger partial charge in [-0.3, -0.25) is 4.79 Å². The maximum Gasteiger partial charge on any atom is 0.256 e. The lowest BCUT2D eigenvalue weighted by molar-refractivity contribution is 0.0683. The van der Waals surface area contributed by atoms with E-state index in [0.29, 0.717) is 0 Å². The largest absolute Gasteiger partial charge is 0.332 e. The highest BCUT2D eigenvalue weighted by atomic mass is 19.1. The molecule has 0 unspecified atom stereocenters. The summed E-state index contributed by atoms with van der Waals surface area (Å²) in [6, 6.07) is 3.71. The predicted octanol–water partition coefficient (Wildman–Crippen LogP) is 1.17. The molecule has 1 aromatic carbocycles. The molecule has 0 spiro atoms. The molecule has 0 aliphatic carbocycles. The monoisotopic (exact) mass is 309 g/mol. The van der Waals surface area contributed by atoms with E-state index in [2.05, 4.69) is 10.2 Å². The summed E-state index contributed by atoms with van der Waals surface area (Å²) in [4.78, 5) is 15.0. The van der Waals surface area contributed by atoms with Crippen LogP contribution in [0, 0.1) is 5.82 Å². The van der Waals surface area contributed by atoms with E-state index in [1.54, 1.807) is 6.92 Å². The molecule has 1 atom stereocenters. The Bertz CT molecular complexity index is 632. The van der Waals surface area contributed by atoms with Gasteiger partial charge in [0.15, 0.2) is 5.82 Å². The number of benzene rings is 1. The van der Waals surface area contributed by atoms with Crippen molar-refractivity contribution in [1.82, 2.24) is 19.9 Å². The van der Waals surface area contributed by atoms with Crippen LogP contribution in [0.4, 0.5) is 8.78 Å². The SMILES string of the molecule is C[C@@H](CN)N(CCF)C(=O)c1cccc(F)c1-n1nccn1. The Labute approximate surface area is 126 Å². The minimum absolute atomic E-state index is 0.0601. The first kappa shape index (κ1) is 16.0. The van der Waals surface area contributed by atoms with Crippen molar-refractivity contribution >= 4 is 5.91 Å². The van der Waals surface area contributed by atoms with E-state index in [1.165, 1.54) is 35.5 Å². The number of nitrogens with zero attached hydrogens (tertiary/aromatic N) is 4. The van der Waals surface area contributed by atoms with Crippen molar-refractivity contribution < 1.29 is 13.6 Å². The van der Waals surface area contributed by atoms with Gasteiger partial charge in [-0.05, 0) is 19.1 Å². The molecule has 0 bridgehead atoms. The predicted molar refractivity (Wildman–Crippen MR) is 76.8 cm³/mol. The summed E-state index contributed by atoms with van der Waals surface area (Å²) in [6.45, 7) is 1.07. The van der Waals surface area contributed by atoms with E-state index >= 15 is 0 Å². The fraction of sp³-hybridized carbons (Fsp3) is 0.357. The van der Waals surface area contributed by atoms with Crippen LogP contribution in [0.5, 0.6) is 0 Å². The molecule has 1 aromatic heterocycles. The van der Waals surface area contributed by atoms with Gasteiger partial charge in [-0.1, -0.05) is 6.07 Å². The van der Waals surface area contributed by atoms with Crippen molar-refractivity contribution in [2.24, 2.45) is 5.73 Å². The van der Waals surface area contributed by atoms with Crippen molar-refractivity contribution in [3.05, 3.63) is 42.0 Å². The van der Waals surface area contributed by atoms with Crippen LogP contribution in [-0.2, 0) is 0 Å². The number of carbonyl (C=O) groups is 1. The Morgan fingerprint density at radius 1 is 1.41 bits per heavy atom. The minimum atomic E-state index is -0.708. The molecule has 0 saturated carbocycles. The van der Waals surface area contributed by atoms with Gasteiger partial charge in [0.1, 0.15) is 12.4 Å². The molecule has 8 heteroatoms. The fourth-order valence-electron chi connectivity index (χ4n) is 2.12. The molecule has 22 heavy (non-hydrogen) atoms. The Balaban J connectivity index is 2.47. The highest BCUT2D eigenvalue weighted by Gasteiger charge is 2.25. The van der Waals surface area contributed by atoms with Crippen LogP contribution in [0.3, 0.4) is 0 Å². The smallest absolute Gasteiger partial charge is 0.256 e. The van der Waals surface area contributed by atoms with Crippen molar-refractivity contribution in [1.29, 1.82) is 0 Å². The Hall–Kier alpha value is -2.35. The number of carbonyl (C=O) groups excluding carboxylic acids is 1. The van der Waals surface area contributed by atoms with Crippen molar-refractivity contribution in [2.75, 3.05) is 19.8 Å². The highest BCUT2D eigenvalue weighted by Crippen LogP contribution is 2.20. The molecule has 0 aliphatic rings. The van der Waals surface area contributed by atoms with E-state index in [-0.39, 0.29) is 30.4 Å². The minimum Gasteiger partial charge on any atom is -0.332 e. The second kappa shape index (κ2) is 7.08. The van der Waals surface area contributed by atoms with Gasteiger partial charge in [-0.2, -0.15) is 10.2 Å². The van der Waals surface area contributed by atoms with Crippen molar-refractivity contribution in [3.63, 3.8) is 0 Å². The number of para-hydroxylation sites is 1. The Kier molecular flexibility index (Phi) is 5.16. The van der Waals surface area contributed by atoms with E-state index in [4.69, 9.17) is 5.73 Å². The molecule has 6 nitrogen and oxygen atoms in total. The van der Waals surface area contributed by atoms with Gasteiger partial charge in [-0.25, -0.2) is 8.78 Å². The van der Waals surface area contributed by atoms with Crippen LogP contribution in [0.2, 0.25) is 0 Å². The fourth-order valence-corrected chi connectivity index (χ4v) is 2.12. The lowest BCUT2D eigenvalue weighted by Crippen LogP contribution is -2.44. The number of amides is 1. The lowest BCUT2D eigenvalue weighted by atomic mass is 10.1. The number of halogens is 2. The number of alkyl halides is 1. The summed E-state index contributed by atoms with van der Waals surface area (Å²) in [5, 5.41) is 7.71. The third-order valence-corrected chi connectivity index (χ3v) is 3.30. The second-order valence-electron chi connectivity index (χ2n) is 4.73. The molecule has 1 heterocycles. The summed E-state index contributed by atoms with van der Waals surface area (Å²) in [5.74, 6) is -1.15. The highest BCUT2D eigenvalue weighted by molar-refractivity contribution is 5.98. The van der Waals surface area contributed by atoms with Gasteiger partial charge < -0.3 is 10.6 Å². The van der Waals surface area contributed by atoms with E-state index < -0.39 is 18.4 Å². The van der Waals surface area contributed by atoms with Crippen LogP contribution in [0.15, 0.2) is 30.6 Å². The normalized spacial score (nSPS) is 12.2. The van der Waals surface area contributed by atoms with Gasteiger partial charge in [0.25, 0.3) is 5.91 Å². The van der Waals surface area contributed by atoms with Crippen molar-refractivity contribution in [3.8, 4) is 5.69 Å². The molecule has 0 saturated heterocycles. The summed E-state index contributed by atoms with van der Waals surface area (Å²) in [7, 11) is 0. The zero-order valence-corrected chi connectivity index (χ0v) is 12.1. The van der Waals surface area contributed by atoms with E-state index in [0.717, 1.165) is 4.80 Å². The van der Waals surface area contributed by atoms with Gasteiger partial charge in [0, 0.05) is 19.1 Å². The summed E-state index contributed by atoms with van der Waals surface area (Å²) >= 11 is 0. The van der Waals surface area contributed by atoms with Gasteiger partial charge in [-0.15, -0.1) is 4.80 Å². The van der Waals surface area contributed by atoms with Gasteiger partial charge in [0.05, 0.1) is 18.0 Å². The third-order valence-electron chi connectivity index (χ3n) is 3.30. The molecule has 2 N–H and O–H groups in total. The molecular weight excluding hydrogens is 292 g/mol. The molecule has 2 aromatic rings. The van der Waals surface area contributed by atoms with Crippen LogP contribution in [-0.4, -0.2) is 51.6 Å². The van der Waals surface area contributed by atoms with Gasteiger partial charge >= 0.3 is 0 Å². The molecule has 1 amide bonds. The first-order valence-corrected chi connectivity index (χ1v) is 6.82. The third kappa shape index (κ3) is 3.11. The van der Waals surface area contributed by atoms with Crippen LogP contribution in [0.1, 0.15) is 17.3 Å².